The largest absolute Gasteiger partial charge is 0.337 e. The van der Waals surface area contributed by atoms with Gasteiger partial charge in [-0.1, -0.05) is 30.3 Å². The van der Waals surface area contributed by atoms with Gasteiger partial charge in [-0.3, -0.25) is 9.78 Å². The summed E-state index contributed by atoms with van der Waals surface area (Å²) in [5.74, 6) is 0.0901. The highest BCUT2D eigenvalue weighted by Gasteiger charge is 2.26. The second-order valence-corrected chi connectivity index (χ2v) is 6.48. The SMILES string of the molecule is CN(C(=O)c1ccncc1)C1CCCN(CCc2ccccc2)C1. The molecule has 24 heavy (non-hydrogen) atoms. The molecule has 1 amide bonds. The van der Waals surface area contributed by atoms with Crippen molar-refractivity contribution < 1.29 is 4.79 Å². The van der Waals surface area contributed by atoms with Crippen LogP contribution in [-0.2, 0) is 6.42 Å². The maximum Gasteiger partial charge on any atom is 0.253 e. The van der Waals surface area contributed by atoms with E-state index in [-0.39, 0.29) is 11.9 Å². The first-order valence-corrected chi connectivity index (χ1v) is 8.67. The Hall–Kier alpha value is -2.20. The van der Waals surface area contributed by atoms with Gasteiger partial charge >= 0.3 is 0 Å². The molecule has 4 nitrogen and oxygen atoms in total. The minimum Gasteiger partial charge on any atom is -0.337 e. The van der Waals surface area contributed by atoms with Crippen LogP contribution in [0.5, 0.6) is 0 Å². The van der Waals surface area contributed by atoms with Crippen LogP contribution in [0.2, 0.25) is 0 Å². The summed E-state index contributed by atoms with van der Waals surface area (Å²) in [5.41, 5.74) is 2.09. The molecule has 4 heteroatoms. The number of pyridine rings is 1. The smallest absolute Gasteiger partial charge is 0.253 e. The summed E-state index contributed by atoms with van der Waals surface area (Å²) >= 11 is 0. The maximum absolute atomic E-state index is 12.6. The number of aromatic nitrogens is 1. The van der Waals surface area contributed by atoms with Gasteiger partial charge in [0.25, 0.3) is 5.91 Å². The van der Waals surface area contributed by atoms with Crippen molar-refractivity contribution in [2.24, 2.45) is 0 Å². The summed E-state index contributed by atoms with van der Waals surface area (Å²) in [6, 6.07) is 14.5. The molecule has 1 aromatic heterocycles. The number of carbonyl (C=O) groups is 1. The van der Waals surface area contributed by atoms with Crippen LogP contribution in [0.1, 0.15) is 28.8 Å². The van der Waals surface area contributed by atoms with Crippen molar-refractivity contribution in [3.05, 3.63) is 66.0 Å². The molecule has 2 aromatic rings. The fourth-order valence-electron chi connectivity index (χ4n) is 3.35. The van der Waals surface area contributed by atoms with Gasteiger partial charge in [0.1, 0.15) is 0 Å². The van der Waals surface area contributed by atoms with Gasteiger partial charge in [-0.2, -0.15) is 0 Å². The fourth-order valence-corrected chi connectivity index (χ4v) is 3.35. The first-order chi connectivity index (χ1) is 11.7. The van der Waals surface area contributed by atoms with Gasteiger partial charge in [-0.05, 0) is 43.5 Å². The van der Waals surface area contributed by atoms with Crippen LogP contribution in [0.15, 0.2) is 54.9 Å². The Morgan fingerprint density at radius 2 is 1.96 bits per heavy atom. The van der Waals surface area contributed by atoms with E-state index in [9.17, 15) is 4.79 Å². The average molecular weight is 323 g/mol. The van der Waals surface area contributed by atoms with Crippen molar-refractivity contribution in [2.75, 3.05) is 26.7 Å². The lowest BCUT2D eigenvalue weighted by Gasteiger charge is -2.37. The highest BCUT2D eigenvalue weighted by atomic mass is 16.2. The van der Waals surface area contributed by atoms with Crippen LogP contribution >= 0.6 is 0 Å². The minimum absolute atomic E-state index is 0.0901. The Labute approximate surface area is 144 Å². The third-order valence-electron chi connectivity index (χ3n) is 4.84. The minimum atomic E-state index is 0.0901. The van der Waals surface area contributed by atoms with Gasteiger partial charge < -0.3 is 9.80 Å². The van der Waals surface area contributed by atoms with E-state index < -0.39 is 0 Å². The Morgan fingerprint density at radius 3 is 2.71 bits per heavy atom. The van der Waals surface area contributed by atoms with E-state index in [4.69, 9.17) is 0 Å². The normalized spacial score (nSPS) is 18.3. The van der Waals surface area contributed by atoms with Gasteiger partial charge in [0, 0.05) is 44.1 Å². The van der Waals surface area contributed by atoms with E-state index in [1.54, 1.807) is 24.5 Å². The molecule has 2 heterocycles. The van der Waals surface area contributed by atoms with Gasteiger partial charge in [-0.25, -0.2) is 0 Å². The molecule has 3 rings (SSSR count). The van der Waals surface area contributed by atoms with Crippen molar-refractivity contribution >= 4 is 5.91 Å². The second kappa shape index (κ2) is 8.06. The first-order valence-electron chi connectivity index (χ1n) is 8.67. The third kappa shape index (κ3) is 4.20. The summed E-state index contributed by atoms with van der Waals surface area (Å²) in [5, 5.41) is 0. The zero-order chi connectivity index (χ0) is 16.8. The summed E-state index contributed by atoms with van der Waals surface area (Å²) in [4.78, 5) is 21.0. The standard InChI is InChI=1S/C20H25N3O/c1-22(20(24)18-9-12-21-13-10-18)19-8-5-14-23(16-19)15-11-17-6-3-2-4-7-17/h2-4,6-7,9-10,12-13,19H,5,8,11,14-16H2,1H3. The summed E-state index contributed by atoms with van der Waals surface area (Å²) in [6.45, 7) is 3.14. The predicted octanol–water partition coefficient (Wildman–Crippen LogP) is 2.86. The molecule has 1 aliphatic heterocycles. The van der Waals surface area contributed by atoms with Crippen LogP contribution < -0.4 is 0 Å². The van der Waals surface area contributed by atoms with Crippen LogP contribution in [0.3, 0.4) is 0 Å². The predicted molar refractivity (Wildman–Crippen MR) is 95.9 cm³/mol. The van der Waals surface area contributed by atoms with Crippen molar-refractivity contribution in [1.29, 1.82) is 0 Å². The number of rotatable bonds is 5. The second-order valence-electron chi connectivity index (χ2n) is 6.48. The maximum atomic E-state index is 12.6. The first kappa shape index (κ1) is 16.7. The highest BCUT2D eigenvalue weighted by Crippen LogP contribution is 2.17. The van der Waals surface area contributed by atoms with E-state index in [2.05, 4.69) is 40.2 Å². The molecule has 0 saturated carbocycles. The quantitative estimate of drug-likeness (QED) is 0.849. The Kier molecular flexibility index (Phi) is 5.59. The fraction of sp³-hybridized carbons (Fsp3) is 0.400. The molecule has 1 fully saturated rings. The van der Waals surface area contributed by atoms with Crippen molar-refractivity contribution in [3.8, 4) is 0 Å². The summed E-state index contributed by atoms with van der Waals surface area (Å²) in [6.07, 6.45) is 6.64. The zero-order valence-electron chi connectivity index (χ0n) is 14.3. The number of amides is 1. The van der Waals surface area contributed by atoms with Crippen molar-refractivity contribution in [1.82, 2.24) is 14.8 Å². The lowest BCUT2D eigenvalue weighted by atomic mass is 10.0. The number of hydrogen-bond donors (Lipinski definition) is 0. The van der Waals surface area contributed by atoms with Gasteiger partial charge in [0.05, 0.1) is 0 Å². The molecule has 0 spiro atoms. The van der Waals surface area contributed by atoms with Gasteiger partial charge in [0.15, 0.2) is 0 Å². The topological polar surface area (TPSA) is 36.4 Å². The summed E-state index contributed by atoms with van der Waals surface area (Å²) in [7, 11) is 1.92. The number of nitrogens with zero attached hydrogens (tertiary/aromatic N) is 3. The molecule has 1 saturated heterocycles. The molecule has 0 aliphatic carbocycles. The lowest BCUT2D eigenvalue weighted by Crippen LogP contribution is -2.48. The molecular weight excluding hydrogens is 298 g/mol. The monoisotopic (exact) mass is 323 g/mol. The molecule has 1 unspecified atom stereocenters. The number of hydrogen-bond acceptors (Lipinski definition) is 3. The molecular formula is C20H25N3O. The average Bonchev–Trinajstić information content (AvgIpc) is 2.67. The van der Waals surface area contributed by atoms with E-state index in [0.29, 0.717) is 5.56 Å². The molecule has 126 valence electrons. The zero-order valence-corrected chi connectivity index (χ0v) is 14.3. The molecule has 0 N–H and O–H groups in total. The molecule has 1 atom stereocenters. The Bertz CT molecular complexity index is 644. The summed E-state index contributed by atoms with van der Waals surface area (Å²) < 4.78 is 0. The Morgan fingerprint density at radius 1 is 1.21 bits per heavy atom. The van der Waals surface area contributed by atoms with E-state index in [1.165, 1.54) is 5.56 Å². The number of carbonyl (C=O) groups excluding carboxylic acids is 1. The highest BCUT2D eigenvalue weighted by molar-refractivity contribution is 5.94. The van der Waals surface area contributed by atoms with E-state index >= 15 is 0 Å². The van der Waals surface area contributed by atoms with Gasteiger partial charge in [-0.15, -0.1) is 0 Å². The number of benzene rings is 1. The molecule has 0 bridgehead atoms. The van der Waals surface area contributed by atoms with Crippen molar-refractivity contribution in [3.63, 3.8) is 0 Å². The van der Waals surface area contributed by atoms with Crippen molar-refractivity contribution in [2.45, 2.75) is 25.3 Å². The third-order valence-corrected chi connectivity index (χ3v) is 4.84. The number of likely N-dealkylation sites (N-methyl/N-ethyl adjacent to an activating group) is 1. The van der Waals surface area contributed by atoms with Gasteiger partial charge in [0.2, 0.25) is 0 Å². The molecule has 1 aromatic carbocycles. The van der Waals surface area contributed by atoms with Crippen LogP contribution in [-0.4, -0.2) is 53.4 Å². The van der Waals surface area contributed by atoms with E-state index in [0.717, 1.165) is 38.9 Å². The van der Waals surface area contributed by atoms with Crippen LogP contribution in [0, 0.1) is 0 Å². The van der Waals surface area contributed by atoms with E-state index in [1.807, 2.05) is 11.9 Å². The lowest BCUT2D eigenvalue weighted by molar-refractivity contribution is 0.0619. The Balaban J connectivity index is 1.56. The van der Waals surface area contributed by atoms with Crippen LogP contribution in [0.25, 0.3) is 0 Å². The number of likely N-dealkylation sites (tertiary alicyclic amines) is 1. The molecule has 0 radical (unpaired) electrons. The molecule has 1 aliphatic rings. The van der Waals surface area contributed by atoms with Crippen LogP contribution in [0.4, 0.5) is 0 Å². The number of piperidine rings is 1.